The van der Waals surface area contributed by atoms with Crippen LogP contribution in [0.4, 0.5) is 0 Å². The number of rotatable bonds is 3. The normalized spacial score (nSPS) is 13.1. The summed E-state index contributed by atoms with van der Waals surface area (Å²) in [4.78, 5) is 13.1. The summed E-state index contributed by atoms with van der Waals surface area (Å²) in [5.74, 6) is 0. The van der Waals surface area contributed by atoms with E-state index in [1.54, 1.807) is 0 Å². The van der Waals surface area contributed by atoms with Crippen molar-refractivity contribution in [3.8, 4) is 0 Å². The van der Waals surface area contributed by atoms with Crippen molar-refractivity contribution in [3.63, 3.8) is 0 Å². The molecule has 0 fully saturated rings. The smallest absolute Gasteiger partial charge is 0.211 e. The number of allylic oxidation sites excluding steroid dienone is 1. The fourth-order valence-electron chi connectivity index (χ4n) is 0.459. The van der Waals surface area contributed by atoms with Crippen molar-refractivity contribution in [2.45, 2.75) is 26.3 Å². The molecule has 0 bridgehead atoms. The van der Waals surface area contributed by atoms with Gasteiger partial charge in [0.25, 0.3) is 0 Å². The minimum atomic E-state index is -0.0116. The Balaban J connectivity index is 3.61. The highest BCUT2D eigenvalue weighted by Gasteiger charge is 1.86. The maximum absolute atomic E-state index is 9.65. The minimum absolute atomic E-state index is 0.0116. The molecule has 2 nitrogen and oxygen atoms in total. The molecule has 0 amide bonds. The van der Waals surface area contributed by atoms with Crippen molar-refractivity contribution in [1.29, 1.82) is 0 Å². The van der Waals surface area contributed by atoms with E-state index in [1.807, 2.05) is 26.0 Å². The van der Waals surface area contributed by atoms with Crippen LogP contribution >= 0.6 is 0 Å². The third kappa shape index (κ3) is 4.98. The van der Waals surface area contributed by atoms with Gasteiger partial charge in [0, 0.05) is 0 Å². The molecule has 2 heteroatoms. The van der Waals surface area contributed by atoms with Crippen molar-refractivity contribution in [2.75, 3.05) is 0 Å². The van der Waals surface area contributed by atoms with Crippen LogP contribution in [0.2, 0.25) is 0 Å². The summed E-state index contributed by atoms with van der Waals surface area (Å²) in [5.41, 5.74) is 0. The van der Waals surface area contributed by atoms with Crippen LogP contribution in [-0.4, -0.2) is 12.1 Å². The van der Waals surface area contributed by atoms with Crippen molar-refractivity contribution in [2.24, 2.45) is 4.99 Å². The number of hydrogen-bond donors (Lipinski definition) is 0. The summed E-state index contributed by atoms with van der Waals surface area (Å²) in [5, 5.41) is 0. The first kappa shape index (κ1) is 8.12. The number of aliphatic imine (C=N–C) groups is 1. The number of isocyanates is 1. The zero-order valence-corrected chi connectivity index (χ0v) is 5.79. The lowest BCUT2D eigenvalue weighted by molar-refractivity contribution is 0.561. The molecule has 0 saturated heterocycles. The molecule has 9 heavy (non-hydrogen) atoms. The van der Waals surface area contributed by atoms with Crippen LogP contribution in [0.25, 0.3) is 0 Å². The molecular weight excluding hydrogens is 114 g/mol. The molecule has 0 saturated carbocycles. The zero-order valence-electron chi connectivity index (χ0n) is 5.79. The first-order valence-corrected chi connectivity index (χ1v) is 3.05. The first-order valence-electron chi connectivity index (χ1n) is 3.05. The van der Waals surface area contributed by atoms with Crippen LogP contribution in [0.3, 0.4) is 0 Å². The Morgan fingerprint density at radius 2 is 2.44 bits per heavy atom. The lowest BCUT2D eigenvalue weighted by Crippen LogP contribution is -1.88. The third-order valence-corrected chi connectivity index (χ3v) is 0.907. The molecule has 0 aliphatic heterocycles. The van der Waals surface area contributed by atoms with Gasteiger partial charge in [0.2, 0.25) is 6.08 Å². The summed E-state index contributed by atoms with van der Waals surface area (Å²) in [6.45, 7) is 3.88. The van der Waals surface area contributed by atoms with Gasteiger partial charge in [-0.05, 0) is 13.3 Å². The van der Waals surface area contributed by atoms with Gasteiger partial charge in [0.05, 0.1) is 6.04 Å². The Morgan fingerprint density at radius 1 is 1.78 bits per heavy atom. The Hall–Kier alpha value is -0.880. The predicted octanol–water partition coefficient (Wildman–Crippen LogP) is 1.68. The van der Waals surface area contributed by atoms with Gasteiger partial charge in [0.1, 0.15) is 0 Å². The molecule has 0 N–H and O–H groups in total. The molecule has 0 heterocycles. The largest absolute Gasteiger partial charge is 0.235 e. The topological polar surface area (TPSA) is 29.4 Å². The van der Waals surface area contributed by atoms with Crippen molar-refractivity contribution in [1.82, 2.24) is 0 Å². The van der Waals surface area contributed by atoms with Gasteiger partial charge >= 0.3 is 0 Å². The first-order chi connectivity index (χ1) is 4.31. The Morgan fingerprint density at radius 3 is 2.89 bits per heavy atom. The molecule has 0 aromatic carbocycles. The second-order valence-corrected chi connectivity index (χ2v) is 1.80. The molecule has 0 radical (unpaired) electrons. The molecule has 0 rings (SSSR count). The van der Waals surface area contributed by atoms with E-state index >= 15 is 0 Å². The lowest BCUT2D eigenvalue weighted by atomic mass is 10.3. The maximum atomic E-state index is 9.65. The fraction of sp³-hybridized carbons (Fsp3) is 0.571. The monoisotopic (exact) mass is 125 g/mol. The summed E-state index contributed by atoms with van der Waals surface area (Å²) in [6.07, 6.45) is 6.34. The van der Waals surface area contributed by atoms with E-state index in [9.17, 15) is 4.79 Å². The molecule has 0 aromatic rings. The molecule has 50 valence electrons. The summed E-state index contributed by atoms with van der Waals surface area (Å²) >= 11 is 0. The second-order valence-electron chi connectivity index (χ2n) is 1.80. The van der Waals surface area contributed by atoms with Gasteiger partial charge in [-0.3, -0.25) is 0 Å². The highest BCUT2D eigenvalue weighted by Crippen LogP contribution is 1.90. The van der Waals surface area contributed by atoms with Crippen LogP contribution in [0, 0.1) is 0 Å². The van der Waals surface area contributed by atoms with Gasteiger partial charge in [-0.1, -0.05) is 19.1 Å². The molecule has 0 aliphatic rings. The highest BCUT2D eigenvalue weighted by atomic mass is 16.1. The third-order valence-electron chi connectivity index (χ3n) is 0.907. The van der Waals surface area contributed by atoms with E-state index in [0.29, 0.717) is 0 Å². The molecule has 0 aromatic heterocycles. The zero-order chi connectivity index (χ0) is 7.11. The average Bonchev–Trinajstić information content (AvgIpc) is 1.85. The van der Waals surface area contributed by atoms with E-state index in [0.717, 1.165) is 6.42 Å². The van der Waals surface area contributed by atoms with Crippen LogP contribution in [-0.2, 0) is 4.79 Å². The molecule has 0 spiro atoms. The Bertz CT molecular complexity index is 134. The van der Waals surface area contributed by atoms with Crippen molar-refractivity contribution < 1.29 is 4.79 Å². The van der Waals surface area contributed by atoms with Crippen LogP contribution in [0.1, 0.15) is 20.3 Å². The van der Waals surface area contributed by atoms with Crippen molar-refractivity contribution >= 4 is 6.08 Å². The summed E-state index contributed by atoms with van der Waals surface area (Å²) in [7, 11) is 0. The number of carbonyl (C=O) groups excluding carboxylic acids is 1. The lowest BCUT2D eigenvalue weighted by Gasteiger charge is -1.90. The summed E-state index contributed by atoms with van der Waals surface area (Å²) in [6, 6.07) is -0.0116. The maximum Gasteiger partial charge on any atom is 0.235 e. The van der Waals surface area contributed by atoms with Gasteiger partial charge < -0.3 is 0 Å². The quantitative estimate of drug-likeness (QED) is 0.320. The van der Waals surface area contributed by atoms with E-state index in [4.69, 9.17) is 0 Å². The molecule has 0 aliphatic carbocycles. The van der Waals surface area contributed by atoms with Crippen LogP contribution in [0.15, 0.2) is 17.1 Å². The van der Waals surface area contributed by atoms with Crippen molar-refractivity contribution in [3.05, 3.63) is 12.2 Å². The number of nitrogens with zero attached hydrogens (tertiary/aromatic N) is 1. The van der Waals surface area contributed by atoms with Crippen LogP contribution in [0.5, 0.6) is 0 Å². The van der Waals surface area contributed by atoms with Crippen LogP contribution < -0.4 is 0 Å². The van der Waals surface area contributed by atoms with Gasteiger partial charge in [-0.25, -0.2) is 4.79 Å². The van der Waals surface area contributed by atoms with E-state index in [2.05, 4.69) is 4.99 Å². The summed E-state index contributed by atoms with van der Waals surface area (Å²) < 4.78 is 0. The Kier molecular flexibility index (Phi) is 4.75. The van der Waals surface area contributed by atoms with E-state index in [1.165, 1.54) is 6.08 Å². The SMILES string of the molecule is CC/C=C/C(C)N=C=O. The van der Waals surface area contributed by atoms with E-state index < -0.39 is 0 Å². The number of hydrogen-bond acceptors (Lipinski definition) is 2. The standard InChI is InChI=1S/C7H11NO/c1-3-4-5-7(2)8-6-9/h4-5,7H,3H2,1-2H3/b5-4+. The second kappa shape index (κ2) is 5.26. The molecule has 1 unspecified atom stereocenters. The molecular formula is C7H11NO. The van der Waals surface area contributed by atoms with Gasteiger partial charge in [0.15, 0.2) is 0 Å². The van der Waals surface area contributed by atoms with Gasteiger partial charge in [-0.2, -0.15) is 4.99 Å². The minimum Gasteiger partial charge on any atom is -0.211 e. The van der Waals surface area contributed by atoms with Gasteiger partial charge in [-0.15, -0.1) is 0 Å². The predicted molar refractivity (Wildman–Crippen MR) is 37.0 cm³/mol. The molecule has 1 atom stereocenters. The Labute approximate surface area is 55.3 Å². The fourth-order valence-corrected chi connectivity index (χ4v) is 0.459. The van der Waals surface area contributed by atoms with E-state index in [-0.39, 0.29) is 6.04 Å². The highest BCUT2D eigenvalue weighted by molar-refractivity contribution is 5.34. The average molecular weight is 125 g/mol.